The van der Waals surface area contributed by atoms with E-state index in [-0.39, 0.29) is 5.78 Å². The van der Waals surface area contributed by atoms with Crippen molar-refractivity contribution in [1.29, 1.82) is 0 Å². The van der Waals surface area contributed by atoms with Crippen LogP contribution in [0, 0.1) is 3.57 Å². The third kappa shape index (κ3) is 1.22. The lowest BCUT2D eigenvalue weighted by atomic mass is 10.0. The molecular formula is C9H8INO. The Hall–Kier alpha value is -0.580. The van der Waals surface area contributed by atoms with Gasteiger partial charge in [-0.25, -0.2) is 0 Å². The number of para-hydroxylation sites is 1. The number of carbonyl (C=O) groups is 1. The third-order valence-electron chi connectivity index (χ3n) is 1.97. The molecule has 2 nitrogen and oxygen atoms in total. The smallest absolute Gasteiger partial charge is 0.166 e. The molecule has 1 aliphatic rings. The van der Waals surface area contributed by atoms with E-state index in [2.05, 4.69) is 27.9 Å². The second-order valence-corrected chi connectivity index (χ2v) is 3.92. The van der Waals surface area contributed by atoms with Crippen LogP contribution in [0.4, 0.5) is 5.69 Å². The predicted octanol–water partition coefficient (Wildman–Crippen LogP) is 2.29. The monoisotopic (exact) mass is 273 g/mol. The van der Waals surface area contributed by atoms with Gasteiger partial charge in [0.05, 0.1) is 5.69 Å². The molecule has 0 aliphatic carbocycles. The van der Waals surface area contributed by atoms with Gasteiger partial charge in [0.2, 0.25) is 0 Å². The second-order valence-electron chi connectivity index (χ2n) is 2.76. The van der Waals surface area contributed by atoms with Crippen LogP contribution in [0.15, 0.2) is 18.2 Å². The Bertz CT molecular complexity index is 335. The van der Waals surface area contributed by atoms with E-state index in [0.29, 0.717) is 6.42 Å². The Balaban J connectivity index is 2.59. The van der Waals surface area contributed by atoms with E-state index in [1.807, 2.05) is 18.2 Å². The molecule has 0 spiro atoms. The van der Waals surface area contributed by atoms with Crippen molar-refractivity contribution in [3.8, 4) is 0 Å². The van der Waals surface area contributed by atoms with Crippen molar-refractivity contribution in [2.45, 2.75) is 6.42 Å². The van der Waals surface area contributed by atoms with Crippen LogP contribution in [0.25, 0.3) is 0 Å². The summed E-state index contributed by atoms with van der Waals surface area (Å²) in [5.74, 6) is 0.252. The molecule has 1 aliphatic heterocycles. The molecule has 0 amide bonds. The molecule has 1 heterocycles. The molecule has 1 aromatic rings. The first-order valence-electron chi connectivity index (χ1n) is 3.84. The number of nitrogens with one attached hydrogen (secondary N) is 1. The highest BCUT2D eigenvalue weighted by Gasteiger charge is 2.17. The van der Waals surface area contributed by atoms with Crippen LogP contribution in [-0.2, 0) is 0 Å². The minimum absolute atomic E-state index is 0.252. The van der Waals surface area contributed by atoms with Crippen molar-refractivity contribution in [1.82, 2.24) is 0 Å². The molecule has 12 heavy (non-hydrogen) atoms. The van der Waals surface area contributed by atoms with Gasteiger partial charge in [0.1, 0.15) is 0 Å². The average molecular weight is 273 g/mol. The lowest BCUT2D eigenvalue weighted by molar-refractivity contribution is 0.0983. The highest BCUT2D eigenvalue weighted by atomic mass is 127. The third-order valence-corrected chi connectivity index (χ3v) is 2.87. The van der Waals surface area contributed by atoms with E-state index in [9.17, 15) is 4.79 Å². The molecule has 2 rings (SSSR count). The first-order chi connectivity index (χ1) is 5.79. The Labute approximate surface area is 84.5 Å². The molecule has 0 radical (unpaired) electrons. The number of Topliss-reactive ketones (excluding diaryl/α,β-unsaturated/α-hetero) is 1. The SMILES string of the molecule is O=C1CCNc2c(I)cccc21. The van der Waals surface area contributed by atoms with E-state index in [4.69, 9.17) is 0 Å². The summed E-state index contributed by atoms with van der Waals surface area (Å²) in [5, 5.41) is 3.23. The molecule has 62 valence electrons. The quantitative estimate of drug-likeness (QED) is 0.735. The molecule has 0 saturated heterocycles. The lowest BCUT2D eigenvalue weighted by Crippen LogP contribution is -2.18. The van der Waals surface area contributed by atoms with Gasteiger partial charge >= 0.3 is 0 Å². The van der Waals surface area contributed by atoms with Gasteiger partial charge in [-0.1, -0.05) is 6.07 Å². The highest BCUT2D eigenvalue weighted by Crippen LogP contribution is 2.26. The highest BCUT2D eigenvalue weighted by molar-refractivity contribution is 14.1. The number of ketones is 1. The number of rotatable bonds is 0. The van der Waals surface area contributed by atoms with E-state index < -0.39 is 0 Å². The zero-order chi connectivity index (χ0) is 8.55. The molecule has 0 atom stereocenters. The summed E-state index contributed by atoms with van der Waals surface area (Å²) >= 11 is 2.24. The number of hydrogen-bond acceptors (Lipinski definition) is 2. The van der Waals surface area contributed by atoms with Crippen molar-refractivity contribution < 1.29 is 4.79 Å². The minimum Gasteiger partial charge on any atom is -0.383 e. The number of halogens is 1. The summed E-state index contributed by atoms with van der Waals surface area (Å²) in [5.41, 5.74) is 1.85. The van der Waals surface area contributed by atoms with Crippen molar-refractivity contribution in [3.63, 3.8) is 0 Å². The zero-order valence-corrected chi connectivity index (χ0v) is 8.59. The van der Waals surface area contributed by atoms with Crippen LogP contribution in [0.1, 0.15) is 16.8 Å². The molecule has 3 heteroatoms. The molecule has 1 N–H and O–H groups in total. The standard InChI is InChI=1S/C9H8INO/c10-7-3-1-2-6-8(12)4-5-11-9(6)7/h1-3,11H,4-5H2. The van der Waals surface area contributed by atoms with E-state index >= 15 is 0 Å². The molecular weight excluding hydrogens is 265 g/mol. The van der Waals surface area contributed by atoms with Gasteiger partial charge in [-0.05, 0) is 34.7 Å². The summed E-state index contributed by atoms with van der Waals surface area (Å²) in [7, 11) is 0. The average Bonchev–Trinajstić information content (AvgIpc) is 2.07. The minimum atomic E-state index is 0.252. The van der Waals surface area contributed by atoms with Gasteiger partial charge in [0.25, 0.3) is 0 Å². The number of anilines is 1. The number of hydrogen-bond donors (Lipinski definition) is 1. The zero-order valence-electron chi connectivity index (χ0n) is 6.43. The maximum absolute atomic E-state index is 11.4. The number of carbonyl (C=O) groups excluding carboxylic acids is 1. The van der Waals surface area contributed by atoms with Crippen LogP contribution in [0.5, 0.6) is 0 Å². The van der Waals surface area contributed by atoms with Crippen LogP contribution in [0.2, 0.25) is 0 Å². The van der Waals surface area contributed by atoms with E-state index in [1.165, 1.54) is 0 Å². The molecule has 0 unspecified atom stereocenters. The lowest BCUT2D eigenvalue weighted by Gasteiger charge is -2.17. The van der Waals surface area contributed by atoms with E-state index in [0.717, 1.165) is 21.4 Å². The molecule has 0 saturated carbocycles. The van der Waals surface area contributed by atoms with Gasteiger partial charge in [-0.3, -0.25) is 4.79 Å². The van der Waals surface area contributed by atoms with Crippen LogP contribution < -0.4 is 5.32 Å². The fraction of sp³-hybridized carbons (Fsp3) is 0.222. The van der Waals surface area contributed by atoms with Crippen molar-refractivity contribution in [2.75, 3.05) is 11.9 Å². The van der Waals surface area contributed by atoms with Gasteiger partial charge in [-0.2, -0.15) is 0 Å². The fourth-order valence-electron chi connectivity index (χ4n) is 1.37. The second kappa shape index (κ2) is 3.05. The Morgan fingerprint density at radius 3 is 3.00 bits per heavy atom. The van der Waals surface area contributed by atoms with Crippen LogP contribution >= 0.6 is 22.6 Å². The predicted molar refractivity (Wildman–Crippen MR) is 56.6 cm³/mol. The summed E-state index contributed by atoms with van der Waals surface area (Å²) in [6.45, 7) is 0.770. The maximum atomic E-state index is 11.4. The summed E-state index contributed by atoms with van der Waals surface area (Å²) < 4.78 is 1.12. The van der Waals surface area contributed by atoms with Gasteiger partial charge in [-0.15, -0.1) is 0 Å². The summed E-state index contributed by atoms with van der Waals surface area (Å²) in [4.78, 5) is 11.4. The topological polar surface area (TPSA) is 29.1 Å². The fourth-order valence-corrected chi connectivity index (χ4v) is 2.06. The van der Waals surface area contributed by atoms with E-state index in [1.54, 1.807) is 0 Å². The number of fused-ring (bicyclic) bond motifs is 1. The normalized spacial score (nSPS) is 15.2. The Morgan fingerprint density at radius 2 is 2.25 bits per heavy atom. The van der Waals surface area contributed by atoms with Crippen LogP contribution in [-0.4, -0.2) is 12.3 Å². The van der Waals surface area contributed by atoms with Crippen LogP contribution in [0.3, 0.4) is 0 Å². The maximum Gasteiger partial charge on any atom is 0.166 e. The Morgan fingerprint density at radius 1 is 1.42 bits per heavy atom. The number of benzene rings is 1. The van der Waals surface area contributed by atoms with Crippen molar-refractivity contribution in [3.05, 3.63) is 27.3 Å². The van der Waals surface area contributed by atoms with Gasteiger partial charge < -0.3 is 5.32 Å². The van der Waals surface area contributed by atoms with Crippen molar-refractivity contribution in [2.24, 2.45) is 0 Å². The Kier molecular flexibility index (Phi) is 2.04. The molecule has 0 fully saturated rings. The van der Waals surface area contributed by atoms with Crippen molar-refractivity contribution >= 4 is 34.1 Å². The molecule has 1 aromatic carbocycles. The molecule has 0 aromatic heterocycles. The molecule has 0 bridgehead atoms. The first kappa shape index (κ1) is 8.04. The van der Waals surface area contributed by atoms with Gasteiger partial charge in [0.15, 0.2) is 5.78 Å². The summed E-state index contributed by atoms with van der Waals surface area (Å²) in [6, 6.07) is 5.81. The largest absolute Gasteiger partial charge is 0.383 e. The van der Waals surface area contributed by atoms with Gasteiger partial charge in [0, 0.05) is 22.1 Å². The first-order valence-corrected chi connectivity index (χ1v) is 4.92. The summed E-state index contributed by atoms with van der Waals surface area (Å²) in [6.07, 6.45) is 0.618.